The standard InChI is InChI=1S/C27H44O12/c1-8-27(37-18-12-31-9-15-34-24(28)21(2)3,38-19-13-32-10-16-35-25(29)22(4)5)39-20-14-33-11-17-36-26(30)23(6)7/h2,4,6,8-20H2,1,3,5,7H3. The number of esters is 3. The van der Waals surface area contributed by atoms with E-state index in [4.69, 9.17) is 42.6 Å². The molecule has 0 saturated carbocycles. The number of rotatable bonds is 25. The van der Waals surface area contributed by atoms with E-state index in [9.17, 15) is 14.4 Å². The highest BCUT2D eigenvalue weighted by atomic mass is 16.9. The maximum Gasteiger partial charge on any atom is 0.333 e. The summed E-state index contributed by atoms with van der Waals surface area (Å²) in [4.78, 5) is 34.1. The van der Waals surface area contributed by atoms with Crippen LogP contribution < -0.4 is 0 Å². The number of ether oxygens (including phenoxy) is 9. The van der Waals surface area contributed by atoms with Gasteiger partial charge in [0.05, 0.1) is 59.5 Å². The molecular weight excluding hydrogens is 516 g/mol. The fourth-order valence-corrected chi connectivity index (χ4v) is 2.46. The first-order valence-corrected chi connectivity index (χ1v) is 12.7. The van der Waals surface area contributed by atoms with E-state index < -0.39 is 23.9 Å². The van der Waals surface area contributed by atoms with E-state index >= 15 is 0 Å². The molecule has 0 spiro atoms. The van der Waals surface area contributed by atoms with Crippen LogP contribution in [0.15, 0.2) is 36.5 Å². The second-order valence-corrected chi connectivity index (χ2v) is 8.17. The summed E-state index contributed by atoms with van der Waals surface area (Å²) in [5.41, 5.74) is 0.942. The Morgan fingerprint density at radius 2 is 0.744 bits per heavy atom. The fourth-order valence-electron chi connectivity index (χ4n) is 2.46. The van der Waals surface area contributed by atoms with Gasteiger partial charge in [-0.15, -0.1) is 0 Å². The highest BCUT2D eigenvalue weighted by molar-refractivity contribution is 5.87. The van der Waals surface area contributed by atoms with Crippen LogP contribution in [0.5, 0.6) is 0 Å². The third-order valence-corrected chi connectivity index (χ3v) is 4.51. The molecule has 0 atom stereocenters. The topological polar surface area (TPSA) is 134 Å². The second kappa shape index (κ2) is 22.2. The lowest BCUT2D eigenvalue weighted by molar-refractivity contribution is -0.386. The van der Waals surface area contributed by atoms with Crippen molar-refractivity contribution in [2.45, 2.75) is 40.1 Å². The van der Waals surface area contributed by atoms with Crippen molar-refractivity contribution in [2.75, 3.05) is 79.3 Å². The second-order valence-electron chi connectivity index (χ2n) is 8.17. The first-order chi connectivity index (χ1) is 18.5. The van der Waals surface area contributed by atoms with Crippen molar-refractivity contribution in [2.24, 2.45) is 0 Å². The molecule has 0 unspecified atom stereocenters. The van der Waals surface area contributed by atoms with Gasteiger partial charge in [-0.05, 0) is 20.8 Å². The lowest BCUT2D eigenvalue weighted by Gasteiger charge is -2.32. The molecule has 39 heavy (non-hydrogen) atoms. The van der Waals surface area contributed by atoms with Gasteiger partial charge in [0.2, 0.25) is 0 Å². The zero-order valence-corrected chi connectivity index (χ0v) is 23.7. The SMILES string of the molecule is C=C(C)C(=O)OCCOCCOC(CC)(OCCOCCOC(=O)C(=C)C)OCCOCCOC(=O)C(=C)C. The minimum absolute atomic E-state index is 0.0929. The fraction of sp³-hybridized carbons (Fsp3) is 0.667. The van der Waals surface area contributed by atoms with E-state index in [1.807, 2.05) is 6.92 Å². The van der Waals surface area contributed by atoms with Gasteiger partial charge >= 0.3 is 17.9 Å². The van der Waals surface area contributed by atoms with Gasteiger partial charge in [-0.3, -0.25) is 0 Å². The average molecular weight is 561 g/mol. The smallest absolute Gasteiger partial charge is 0.333 e. The molecule has 0 aliphatic heterocycles. The van der Waals surface area contributed by atoms with Gasteiger partial charge in [0.1, 0.15) is 19.8 Å². The maximum absolute atomic E-state index is 11.4. The molecule has 0 aliphatic rings. The first-order valence-electron chi connectivity index (χ1n) is 12.7. The van der Waals surface area contributed by atoms with Gasteiger partial charge < -0.3 is 42.6 Å². The van der Waals surface area contributed by atoms with E-state index in [1.165, 1.54) is 0 Å². The van der Waals surface area contributed by atoms with E-state index in [-0.39, 0.29) is 79.3 Å². The van der Waals surface area contributed by atoms with E-state index in [1.54, 1.807) is 20.8 Å². The zero-order chi connectivity index (χ0) is 29.5. The number of hydrogen-bond acceptors (Lipinski definition) is 12. The molecular formula is C27H44O12. The van der Waals surface area contributed by atoms with Gasteiger partial charge in [0.25, 0.3) is 5.97 Å². The predicted octanol–water partition coefficient (Wildman–Crippen LogP) is 2.51. The van der Waals surface area contributed by atoms with E-state index in [0.717, 1.165) is 0 Å². The van der Waals surface area contributed by atoms with Gasteiger partial charge in [-0.1, -0.05) is 26.7 Å². The third-order valence-electron chi connectivity index (χ3n) is 4.51. The van der Waals surface area contributed by atoms with Crippen molar-refractivity contribution in [1.82, 2.24) is 0 Å². The molecule has 0 aromatic rings. The number of hydrogen-bond donors (Lipinski definition) is 0. The zero-order valence-electron chi connectivity index (χ0n) is 23.7. The normalized spacial score (nSPS) is 11.1. The van der Waals surface area contributed by atoms with E-state index in [2.05, 4.69) is 19.7 Å². The summed E-state index contributed by atoms with van der Waals surface area (Å²) >= 11 is 0. The molecule has 12 nitrogen and oxygen atoms in total. The minimum atomic E-state index is -1.39. The summed E-state index contributed by atoms with van der Waals surface area (Å²) in [5.74, 6) is -2.82. The van der Waals surface area contributed by atoms with Crippen molar-refractivity contribution in [3.8, 4) is 0 Å². The lowest BCUT2D eigenvalue weighted by Crippen LogP contribution is -2.41. The Morgan fingerprint density at radius 1 is 0.487 bits per heavy atom. The summed E-state index contributed by atoms with van der Waals surface area (Å²) in [5, 5.41) is 0. The third kappa shape index (κ3) is 19.2. The van der Waals surface area contributed by atoms with Crippen LogP contribution >= 0.6 is 0 Å². The average Bonchev–Trinajstić information content (AvgIpc) is 2.90. The first kappa shape index (κ1) is 36.4. The summed E-state index contributed by atoms with van der Waals surface area (Å²) in [7, 11) is 0. The van der Waals surface area contributed by atoms with Gasteiger partial charge in [-0.2, -0.15) is 0 Å². The molecule has 224 valence electrons. The van der Waals surface area contributed by atoms with Crippen LogP contribution in [-0.2, 0) is 57.0 Å². The molecule has 0 bridgehead atoms. The molecule has 0 rings (SSSR count). The monoisotopic (exact) mass is 560 g/mol. The van der Waals surface area contributed by atoms with Crippen LogP contribution in [0.2, 0.25) is 0 Å². The minimum Gasteiger partial charge on any atom is -0.460 e. The molecule has 0 N–H and O–H groups in total. The summed E-state index contributed by atoms with van der Waals surface area (Å²) in [6.07, 6.45) is 0.343. The van der Waals surface area contributed by atoms with Crippen LogP contribution in [0.4, 0.5) is 0 Å². The van der Waals surface area contributed by atoms with Crippen LogP contribution in [0, 0.1) is 0 Å². The summed E-state index contributed by atoms with van der Waals surface area (Å²) < 4.78 is 48.7. The highest BCUT2D eigenvalue weighted by Gasteiger charge is 2.31. The van der Waals surface area contributed by atoms with Crippen molar-refractivity contribution >= 4 is 17.9 Å². The molecule has 0 amide bonds. The molecule has 0 aromatic heterocycles. The van der Waals surface area contributed by atoms with Crippen molar-refractivity contribution < 1.29 is 57.0 Å². The Labute approximate surface area is 231 Å². The Balaban J connectivity index is 4.50. The molecule has 12 heteroatoms. The van der Waals surface area contributed by atoms with Crippen LogP contribution in [0.25, 0.3) is 0 Å². The Hall–Kier alpha value is -2.61. The van der Waals surface area contributed by atoms with E-state index in [0.29, 0.717) is 23.1 Å². The van der Waals surface area contributed by atoms with Crippen molar-refractivity contribution in [3.63, 3.8) is 0 Å². The molecule has 0 fully saturated rings. The van der Waals surface area contributed by atoms with Crippen LogP contribution in [-0.4, -0.2) is 103 Å². The Kier molecular flexibility index (Phi) is 20.7. The van der Waals surface area contributed by atoms with Crippen molar-refractivity contribution in [1.29, 1.82) is 0 Å². The van der Waals surface area contributed by atoms with Crippen LogP contribution in [0.3, 0.4) is 0 Å². The quantitative estimate of drug-likeness (QED) is 0.0534. The Bertz CT molecular complexity index is 679. The molecule has 0 aliphatic carbocycles. The number of carbonyl (C=O) groups is 3. The summed E-state index contributed by atoms with van der Waals surface area (Å²) in [6.45, 7) is 18.9. The number of carbonyl (C=O) groups excluding carboxylic acids is 3. The molecule has 0 radical (unpaired) electrons. The molecule has 0 saturated heterocycles. The Morgan fingerprint density at radius 3 is 0.974 bits per heavy atom. The molecule has 0 aromatic carbocycles. The largest absolute Gasteiger partial charge is 0.460 e. The lowest BCUT2D eigenvalue weighted by atomic mass is 10.4. The summed E-state index contributed by atoms with van der Waals surface area (Å²) in [6, 6.07) is 0. The van der Waals surface area contributed by atoms with Gasteiger partial charge in [-0.25, -0.2) is 14.4 Å². The highest BCUT2D eigenvalue weighted by Crippen LogP contribution is 2.20. The van der Waals surface area contributed by atoms with Crippen molar-refractivity contribution in [3.05, 3.63) is 36.5 Å². The maximum atomic E-state index is 11.4. The van der Waals surface area contributed by atoms with Gasteiger partial charge in [0, 0.05) is 23.1 Å². The predicted molar refractivity (Wildman–Crippen MR) is 141 cm³/mol. The molecule has 0 heterocycles. The van der Waals surface area contributed by atoms with Gasteiger partial charge in [0.15, 0.2) is 0 Å². The van der Waals surface area contributed by atoms with Crippen LogP contribution in [0.1, 0.15) is 34.1 Å².